The van der Waals surface area contributed by atoms with Crippen LogP contribution in [0.2, 0.25) is 0 Å². The monoisotopic (exact) mass is 343 g/mol. The van der Waals surface area contributed by atoms with Crippen LogP contribution in [0, 0.1) is 0 Å². The highest BCUT2D eigenvalue weighted by Crippen LogP contribution is 2.34. The van der Waals surface area contributed by atoms with E-state index in [9.17, 15) is 14.4 Å². The van der Waals surface area contributed by atoms with Crippen LogP contribution in [-0.2, 0) is 19.1 Å². The van der Waals surface area contributed by atoms with Gasteiger partial charge in [-0.25, -0.2) is 9.59 Å². The van der Waals surface area contributed by atoms with E-state index in [2.05, 4.69) is 0 Å². The third-order valence-corrected chi connectivity index (χ3v) is 3.49. The summed E-state index contributed by atoms with van der Waals surface area (Å²) in [6, 6.07) is 4.72. The van der Waals surface area contributed by atoms with Crippen LogP contribution < -0.4 is 9.64 Å². The van der Waals surface area contributed by atoms with Crippen LogP contribution in [0.5, 0.6) is 5.75 Å². The molecule has 0 spiro atoms. The number of nitrogens with zero attached hydrogens (tertiary/aromatic N) is 1. The third kappa shape index (κ3) is 3.60. The Morgan fingerprint density at radius 1 is 1.04 bits per heavy atom. The van der Waals surface area contributed by atoms with Gasteiger partial charge >= 0.3 is 11.9 Å². The van der Waals surface area contributed by atoms with Gasteiger partial charge in [-0.3, -0.25) is 4.79 Å². The molecule has 7 heteroatoms. The Morgan fingerprint density at radius 2 is 1.76 bits per heavy atom. The Hall–Kier alpha value is -3.35. The van der Waals surface area contributed by atoms with E-state index in [0.29, 0.717) is 23.3 Å². The molecule has 0 radical (unpaired) electrons. The van der Waals surface area contributed by atoms with Crippen molar-refractivity contribution in [2.45, 2.75) is 0 Å². The summed E-state index contributed by atoms with van der Waals surface area (Å²) in [6.45, 7) is 0. The van der Waals surface area contributed by atoms with Crippen LogP contribution in [0.4, 0.5) is 5.69 Å². The molecule has 1 aromatic carbocycles. The fourth-order valence-corrected chi connectivity index (χ4v) is 2.32. The number of hydrogen-bond donors (Lipinski definition) is 0. The van der Waals surface area contributed by atoms with Gasteiger partial charge in [0.25, 0.3) is 0 Å². The molecule has 0 atom stereocenters. The van der Waals surface area contributed by atoms with Crippen molar-refractivity contribution >= 4 is 23.9 Å². The number of esters is 2. The number of carbonyl (C=O) groups excluding carboxylic acids is 3. The van der Waals surface area contributed by atoms with E-state index < -0.39 is 11.9 Å². The molecule has 0 saturated heterocycles. The molecule has 1 heterocycles. The molecule has 130 valence electrons. The quantitative estimate of drug-likeness (QED) is 0.597. The summed E-state index contributed by atoms with van der Waals surface area (Å²) in [6.07, 6.45) is 6.90. The van der Waals surface area contributed by atoms with Gasteiger partial charge in [-0.2, -0.15) is 0 Å². The maximum absolute atomic E-state index is 12.4. The highest BCUT2D eigenvalue weighted by molar-refractivity contribution is 6.05. The van der Waals surface area contributed by atoms with Crippen LogP contribution in [0.25, 0.3) is 0 Å². The van der Waals surface area contributed by atoms with Crippen molar-refractivity contribution in [1.82, 2.24) is 0 Å². The topological polar surface area (TPSA) is 82.1 Å². The Kier molecular flexibility index (Phi) is 5.73. The lowest BCUT2D eigenvalue weighted by Crippen LogP contribution is -2.27. The molecule has 0 fully saturated rings. The van der Waals surface area contributed by atoms with E-state index in [1.807, 2.05) is 0 Å². The van der Waals surface area contributed by atoms with Gasteiger partial charge in [0.2, 0.25) is 0 Å². The second kappa shape index (κ2) is 7.96. The van der Waals surface area contributed by atoms with Gasteiger partial charge in [0.15, 0.2) is 0 Å². The van der Waals surface area contributed by atoms with E-state index >= 15 is 0 Å². The molecule has 0 amide bonds. The van der Waals surface area contributed by atoms with E-state index in [0.717, 1.165) is 0 Å². The minimum Gasteiger partial charge on any atom is -0.495 e. The van der Waals surface area contributed by atoms with Crippen LogP contribution in [0.1, 0.15) is 10.4 Å². The lowest BCUT2D eigenvalue weighted by atomic mass is 10.1. The minimum absolute atomic E-state index is 0.0120. The SMILES string of the molecule is COC(=O)C1=C(C(=O)OC)N(c2cc(C=O)ccc2OC)C=CC=C1. The van der Waals surface area contributed by atoms with Gasteiger partial charge in [-0.1, -0.05) is 6.08 Å². The largest absolute Gasteiger partial charge is 0.495 e. The Labute approximate surface area is 144 Å². The van der Waals surface area contributed by atoms with E-state index in [1.165, 1.54) is 32.3 Å². The fraction of sp³-hybridized carbons (Fsp3) is 0.167. The Morgan fingerprint density at radius 3 is 2.36 bits per heavy atom. The van der Waals surface area contributed by atoms with Crippen LogP contribution in [0.3, 0.4) is 0 Å². The summed E-state index contributed by atoms with van der Waals surface area (Å²) >= 11 is 0. The zero-order valence-electron chi connectivity index (χ0n) is 14.0. The smallest absolute Gasteiger partial charge is 0.355 e. The molecule has 1 aliphatic heterocycles. The summed E-state index contributed by atoms with van der Waals surface area (Å²) in [7, 11) is 3.89. The van der Waals surface area contributed by atoms with Crippen molar-refractivity contribution in [3.8, 4) is 5.75 Å². The van der Waals surface area contributed by atoms with Crippen molar-refractivity contribution < 1.29 is 28.6 Å². The normalized spacial score (nSPS) is 13.3. The Bertz CT molecular complexity index is 791. The zero-order valence-corrected chi connectivity index (χ0v) is 14.0. The molecule has 0 N–H and O–H groups in total. The number of allylic oxidation sites excluding steroid dienone is 2. The van der Waals surface area contributed by atoms with Gasteiger partial charge < -0.3 is 19.1 Å². The molecule has 0 aromatic heterocycles. The molecular weight excluding hydrogens is 326 g/mol. The van der Waals surface area contributed by atoms with Crippen molar-refractivity contribution in [1.29, 1.82) is 0 Å². The predicted molar refractivity (Wildman–Crippen MR) is 90.2 cm³/mol. The average molecular weight is 343 g/mol. The highest BCUT2D eigenvalue weighted by Gasteiger charge is 2.29. The van der Waals surface area contributed by atoms with Crippen molar-refractivity contribution in [3.05, 3.63) is 59.5 Å². The fourth-order valence-electron chi connectivity index (χ4n) is 2.32. The molecule has 1 aromatic rings. The molecule has 2 rings (SSSR count). The molecule has 1 aliphatic rings. The summed E-state index contributed by atoms with van der Waals surface area (Å²) in [5, 5.41) is 0. The standard InChI is InChI=1S/C18H17NO6/c1-23-15-8-7-12(11-20)10-14(15)19-9-5-4-6-13(17(21)24-2)16(19)18(22)25-3/h4-11H,1-3H3. The number of benzene rings is 1. The number of hydrogen-bond acceptors (Lipinski definition) is 7. The first kappa shape index (κ1) is 18.0. The Balaban J connectivity index is 2.75. The first-order valence-electron chi connectivity index (χ1n) is 7.25. The number of methoxy groups -OCH3 is 3. The van der Waals surface area contributed by atoms with Crippen LogP contribution >= 0.6 is 0 Å². The lowest BCUT2D eigenvalue weighted by Gasteiger charge is -2.25. The van der Waals surface area contributed by atoms with Crippen molar-refractivity contribution in [2.24, 2.45) is 0 Å². The number of rotatable bonds is 5. The zero-order chi connectivity index (χ0) is 18.4. The molecule has 7 nitrogen and oxygen atoms in total. The number of carbonyl (C=O) groups is 3. The molecule has 0 unspecified atom stereocenters. The molecular formula is C18H17NO6. The highest BCUT2D eigenvalue weighted by atomic mass is 16.5. The van der Waals surface area contributed by atoms with Crippen molar-refractivity contribution in [3.63, 3.8) is 0 Å². The van der Waals surface area contributed by atoms with Crippen molar-refractivity contribution in [2.75, 3.05) is 26.2 Å². The second-order valence-corrected chi connectivity index (χ2v) is 4.87. The summed E-state index contributed by atoms with van der Waals surface area (Å²) in [5.41, 5.74) is 0.734. The third-order valence-electron chi connectivity index (χ3n) is 3.49. The summed E-state index contributed by atoms with van der Waals surface area (Å²) < 4.78 is 14.9. The van der Waals surface area contributed by atoms with Crippen LogP contribution in [0.15, 0.2) is 53.9 Å². The average Bonchev–Trinajstić information content (AvgIpc) is 2.88. The number of ether oxygens (including phenoxy) is 3. The van der Waals surface area contributed by atoms with Gasteiger partial charge in [0.05, 0.1) is 32.6 Å². The number of aldehydes is 1. The van der Waals surface area contributed by atoms with Crippen LogP contribution in [-0.4, -0.2) is 39.6 Å². The number of anilines is 1. The maximum atomic E-state index is 12.4. The first-order chi connectivity index (χ1) is 12.1. The van der Waals surface area contributed by atoms with Gasteiger partial charge in [0.1, 0.15) is 17.7 Å². The van der Waals surface area contributed by atoms with Gasteiger partial charge in [-0.05, 0) is 30.4 Å². The van der Waals surface area contributed by atoms with Gasteiger partial charge in [0, 0.05) is 11.8 Å². The molecule has 25 heavy (non-hydrogen) atoms. The van der Waals surface area contributed by atoms with Gasteiger partial charge in [-0.15, -0.1) is 0 Å². The maximum Gasteiger partial charge on any atom is 0.355 e. The van der Waals surface area contributed by atoms with E-state index in [1.54, 1.807) is 36.6 Å². The molecule has 0 saturated carbocycles. The lowest BCUT2D eigenvalue weighted by molar-refractivity contribution is -0.139. The predicted octanol–water partition coefficient (Wildman–Crippen LogP) is 2.00. The van der Waals surface area contributed by atoms with E-state index in [4.69, 9.17) is 14.2 Å². The minimum atomic E-state index is -0.741. The first-order valence-corrected chi connectivity index (χ1v) is 7.25. The summed E-state index contributed by atoms with van der Waals surface area (Å²) in [4.78, 5) is 37.1. The second-order valence-electron chi connectivity index (χ2n) is 4.87. The summed E-state index contributed by atoms with van der Waals surface area (Å²) in [5.74, 6) is -1.03. The molecule has 0 aliphatic carbocycles. The molecule has 0 bridgehead atoms. The van der Waals surface area contributed by atoms with E-state index in [-0.39, 0.29) is 11.3 Å².